The summed E-state index contributed by atoms with van der Waals surface area (Å²) >= 11 is 0. The molecular weight excluding hydrogens is 448 g/mol. The Kier molecular flexibility index (Phi) is 8.83. The van der Waals surface area contributed by atoms with E-state index in [2.05, 4.69) is 24.9 Å². The van der Waals surface area contributed by atoms with Crippen LogP contribution in [0.1, 0.15) is 30.3 Å². The number of anilines is 1. The first-order chi connectivity index (χ1) is 16.3. The highest BCUT2D eigenvalue weighted by Crippen LogP contribution is 2.20. The molecule has 0 saturated carbocycles. The second-order valence-electron chi connectivity index (χ2n) is 8.14. The zero-order valence-corrected chi connectivity index (χ0v) is 19.5. The lowest BCUT2D eigenvalue weighted by molar-refractivity contribution is -0.126. The van der Waals surface area contributed by atoms with Crippen LogP contribution in [0.3, 0.4) is 0 Å². The van der Waals surface area contributed by atoms with Crippen LogP contribution in [0.25, 0.3) is 0 Å². The van der Waals surface area contributed by atoms with Crippen LogP contribution in [0, 0.1) is 11.6 Å². The fourth-order valence-electron chi connectivity index (χ4n) is 3.56. The van der Waals surface area contributed by atoms with Crippen molar-refractivity contribution in [2.24, 2.45) is 0 Å². The fourth-order valence-corrected chi connectivity index (χ4v) is 3.56. The highest BCUT2D eigenvalue weighted by Gasteiger charge is 2.29. The molecular formula is C23H29F2N5O4. The SMILES string of the molecule is CC1CCC(C(=O)Nc2cc(C(=O)N3CCN(C)CC3)ncn2)O1.COc1cccc(F)c1F. The summed E-state index contributed by atoms with van der Waals surface area (Å²) in [7, 11) is 3.32. The third-order valence-electron chi connectivity index (χ3n) is 5.59. The van der Waals surface area contributed by atoms with Gasteiger partial charge in [0.25, 0.3) is 11.8 Å². The van der Waals surface area contributed by atoms with Crippen molar-refractivity contribution in [2.75, 3.05) is 45.7 Å². The number of aromatic nitrogens is 2. The van der Waals surface area contributed by atoms with Gasteiger partial charge in [-0.25, -0.2) is 14.4 Å². The minimum atomic E-state index is -0.940. The number of hydrogen-bond donors (Lipinski definition) is 1. The minimum absolute atomic E-state index is 0.0694. The first-order valence-corrected chi connectivity index (χ1v) is 11.0. The first kappa shape index (κ1) is 25.4. The third-order valence-corrected chi connectivity index (χ3v) is 5.59. The second kappa shape index (κ2) is 11.8. The van der Waals surface area contributed by atoms with Gasteiger partial charge in [0.15, 0.2) is 11.6 Å². The lowest BCUT2D eigenvalue weighted by Crippen LogP contribution is -2.47. The van der Waals surface area contributed by atoms with Crippen molar-refractivity contribution in [1.29, 1.82) is 0 Å². The Labute approximate surface area is 197 Å². The van der Waals surface area contributed by atoms with Crippen LogP contribution in [0.4, 0.5) is 14.6 Å². The molecule has 9 nitrogen and oxygen atoms in total. The number of ether oxygens (including phenoxy) is 2. The smallest absolute Gasteiger partial charge is 0.272 e. The molecule has 2 amide bonds. The molecule has 4 rings (SSSR count). The van der Waals surface area contributed by atoms with E-state index in [0.717, 1.165) is 25.6 Å². The van der Waals surface area contributed by atoms with Crippen molar-refractivity contribution in [3.05, 3.63) is 47.9 Å². The molecule has 0 bridgehead atoms. The van der Waals surface area contributed by atoms with Gasteiger partial charge in [-0.2, -0.15) is 4.39 Å². The maximum atomic E-state index is 12.5. The van der Waals surface area contributed by atoms with Gasteiger partial charge in [0.1, 0.15) is 23.9 Å². The number of benzene rings is 1. The van der Waals surface area contributed by atoms with Gasteiger partial charge in [-0.1, -0.05) is 6.07 Å². The Morgan fingerprint density at radius 2 is 1.88 bits per heavy atom. The van der Waals surface area contributed by atoms with Crippen molar-refractivity contribution < 1.29 is 27.8 Å². The molecule has 2 aromatic rings. The number of nitrogens with one attached hydrogen (secondary N) is 1. The summed E-state index contributed by atoms with van der Waals surface area (Å²) in [5.41, 5.74) is 0.297. The highest BCUT2D eigenvalue weighted by atomic mass is 19.2. The van der Waals surface area contributed by atoms with Crippen LogP contribution >= 0.6 is 0 Å². The molecule has 3 heterocycles. The summed E-state index contributed by atoms with van der Waals surface area (Å²) in [6.07, 6.45) is 2.52. The zero-order valence-electron chi connectivity index (χ0n) is 19.5. The van der Waals surface area contributed by atoms with Crippen molar-refractivity contribution in [1.82, 2.24) is 19.8 Å². The molecule has 2 atom stereocenters. The lowest BCUT2D eigenvalue weighted by Gasteiger charge is -2.32. The predicted octanol–water partition coefficient (Wildman–Crippen LogP) is 2.34. The van der Waals surface area contributed by atoms with Gasteiger partial charge in [-0.3, -0.25) is 9.59 Å². The van der Waals surface area contributed by atoms with Crippen LogP contribution in [0.2, 0.25) is 0 Å². The van der Waals surface area contributed by atoms with E-state index in [1.54, 1.807) is 4.90 Å². The zero-order chi connectivity index (χ0) is 24.7. The standard InChI is InChI=1S/C16H23N5O3.C7H6F2O/c1-11-3-4-13(24-11)15(22)19-14-9-12(17-10-18-14)16(23)21-7-5-20(2)6-8-21;1-10-6-4-2-3-5(8)7(6)9/h9-11,13H,3-8H2,1-2H3,(H,17,18,19,22);2-4H,1H3. The Morgan fingerprint density at radius 1 is 1.15 bits per heavy atom. The maximum absolute atomic E-state index is 12.5. The summed E-state index contributed by atoms with van der Waals surface area (Å²) in [6.45, 7) is 4.99. The van der Waals surface area contributed by atoms with E-state index in [-0.39, 0.29) is 23.7 Å². The number of hydrogen-bond acceptors (Lipinski definition) is 7. The van der Waals surface area contributed by atoms with E-state index in [1.807, 2.05) is 14.0 Å². The number of methoxy groups -OCH3 is 1. The second-order valence-corrected chi connectivity index (χ2v) is 8.14. The molecule has 0 spiro atoms. The van der Waals surface area contributed by atoms with Crippen molar-refractivity contribution in [3.63, 3.8) is 0 Å². The van der Waals surface area contributed by atoms with Gasteiger partial charge in [-0.15, -0.1) is 0 Å². The van der Waals surface area contributed by atoms with Gasteiger partial charge < -0.3 is 24.6 Å². The van der Waals surface area contributed by atoms with E-state index in [4.69, 9.17) is 4.74 Å². The minimum Gasteiger partial charge on any atom is -0.494 e. The maximum Gasteiger partial charge on any atom is 0.272 e. The Hall–Kier alpha value is -3.18. The number of amides is 2. The lowest BCUT2D eigenvalue weighted by atomic mass is 10.2. The molecule has 184 valence electrons. The molecule has 1 aromatic heterocycles. The van der Waals surface area contributed by atoms with E-state index in [0.29, 0.717) is 31.0 Å². The van der Waals surface area contributed by atoms with Crippen LogP contribution in [0.5, 0.6) is 5.75 Å². The highest BCUT2D eigenvalue weighted by molar-refractivity contribution is 5.96. The van der Waals surface area contributed by atoms with E-state index >= 15 is 0 Å². The topological polar surface area (TPSA) is 96.9 Å². The third kappa shape index (κ3) is 6.67. The summed E-state index contributed by atoms with van der Waals surface area (Å²) < 4.78 is 34.9. The molecule has 0 radical (unpaired) electrons. The van der Waals surface area contributed by atoms with Crippen molar-refractivity contribution in [2.45, 2.75) is 32.0 Å². The normalized spacial score (nSPS) is 20.3. The van der Waals surface area contributed by atoms with Gasteiger partial charge in [0.05, 0.1) is 13.2 Å². The summed E-state index contributed by atoms with van der Waals surface area (Å²) in [5.74, 6) is -1.93. The molecule has 2 saturated heterocycles. The van der Waals surface area contributed by atoms with Crippen LogP contribution in [0.15, 0.2) is 30.6 Å². The predicted molar refractivity (Wildman–Crippen MR) is 121 cm³/mol. The van der Waals surface area contributed by atoms with Gasteiger partial charge in [0, 0.05) is 32.2 Å². The van der Waals surface area contributed by atoms with Gasteiger partial charge in [0.2, 0.25) is 5.82 Å². The molecule has 34 heavy (non-hydrogen) atoms. The molecule has 0 aliphatic carbocycles. The molecule has 2 unspecified atom stereocenters. The largest absolute Gasteiger partial charge is 0.494 e. The molecule has 2 aliphatic rings. The number of piperazine rings is 1. The monoisotopic (exact) mass is 477 g/mol. The number of halogens is 2. The number of carbonyl (C=O) groups is 2. The van der Waals surface area contributed by atoms with E-state index < -0.39 is 17.7 Å². The number of likely N-dealkylation sites (N-methyl/N-ethyl adjacent to an activating group) is 1. The van der Waals surface area contributed by atoms with Gasteiger partial charge >= 0.3 is 0 Å². The van der Waals surface area contributed by atoms with Crippen molar-refractivity contribution in [3.8, 4) is 5.75 Å². The quantitative estimate of drug-likeness (QED) is 0.722. The summed E-state index contributed by atoms with van der Waals surface area (Å²) in [5, 5.41) is 2.72. The van der Waals surface area contributed by atoms with Crippen LogP contribution in [-0.4, -0.2) is 84.1 Å². The molecule has 2 aliphatic heterocycles. The van der Waals surface area contributed by atoms with Gasteiger partial charge in [-0.05, 0) is 38.9 Å². The molecule has 1 aromatic carbocycles. The Bertz CT molecular complexity index is 1000. The molecule has 11 heteroatoms. The van der Waals surface area contributed by atoms with E-state index in [9.17, 15) is 18.4 Å². The summed E-state index contributed by atoms with van der Waals surface area (Å²) in [6, 6.07) is 5.31. The fraction of sp³-hybridized carbons (Fsp3) is 0.478. The van der Waals surface area contributed by atoms with Crippen molar-refractivity contribution >= 4 is 17.6 Å². The van der Waals surface area contributed by atoms with Crippen LogP contribution < -0.4 is 10.1 Å². The number of nitrogens with zero attached hydrogens (tertiary/aromatic N) is 4. The number of carbonyl (C=O) groups excluding carboxylic acids is 2. The Morgan fingerprint density at radius 3 is 2.50 bits per heavy atom. The first-order valence-electron chi connectivity index (χ1n) is 11.0. The molecule has 2 fully saturated rings. The Balaban J connectivity index is 0.000000271. The van der Waals surface area contributed by atoms with Crippen LogP contribution in [-0.2, 0) is 9.53 Å². The average Bonchev–Trinajstić information content (AvgIpc) is 3.28. The number of rotatable bonds is 4. The summed E-state index contributed by atoms with van der Waals surface area (Å²) in [4.78, 5) is 36.7. The van der Waals surface area contributed by atoms with E-state index in [1.165, 1.54) is 31.6 Å². The average molecular weight is 478 g/mol. The molecule has 1 N–H and O–H groups in total.